The van der Waals surface area contributed by atoms with Crippen LogP contribution in [0.5, 0.6) is 0 Å². The van der Waals surface area contributed by atoms with Crippen molar-refractivity contribution in [1.82, 2.24) is 4.90 Å². The third-order valence-electron chi connectivity index (χ3n) is 1.70. The van der Waals surface area contributed by atoms with Gasteiger partial charge in [0.15, 0.2) is 0 Å². The number of hydrogen-bond donors (Lipinski definition) is 0. The van der Waals surface area contributed by atoms with Crippen molar-refractivity contribution in [2.24, 2.45) is 11.8 Å². The van der Waals surface area contributed by atoms with Gasteiger partial charge < -0.3 is 4.90 Å². The molecule has 0 aliphatic heterocycles. The zero-order valence-electron chi connectivity index (χ0n) is 10.5. The van der Waals surface area contributed by atoms with Crippen molar-refractivity contribution in [3.63, 3.8) is 0 Å². The van der Waals surface area contributed by atoms with Crippen LogP contribution in [0.25, 0.3) is 0 Å². The molecule has 0 rings (SSSR count). The van der Waals surface area contributed by atoms with Crippen molar-refractivity contribution in [1.29, 1.82) is 0 Å². The Kier molecular flexibility index (Phi) is 11.4. The van der Waals surface area contributed by atoms with Crippen molar-refractivity contribution in [2.75, 3.05) is 18.8 Å². The van der Waals surface area contributed by atoms with Gasteiger partial charge in [0.25, 0.3) is 5.24 Å². The maximum atomic E-state index is 11.7. The predicted molar refractivity (Wildman–Crippen MR) is 64.8 cm³/mol. The minimum atomic E-state index is 0. The van der Waals surface area contributed by atoms with Gasteiger partial charge in [0, 0.05) is 31.6 Å². The molecule has 1 amide bonds. The second-order valence-electron chi connectivity index (χ2n) is 4.39. The third kappa shape index (κ3) is 9.34. The normalized spacial score (nSPS) is 10.3. The number of amides is 1. The smallest absolute Gasteiger partial charge is 0.281 e. The van der Waals surface area contributed by atoms with E-state index in [1.54, 1.807) is 0 Å². The van der Waals surface area contributed by atoms with Gasteiger partial charge in [-0.1, -0.05) is 46.4 Å². The van der Waals surface area contributed by atoms with E-state index in [2.05, 4.69) is 27.7 Å². The summed E-state index contributed by atoms with van der Waals surface area (Å²) >= 11 is 1.41. The Morgan fingerprint density at radius 2 is 1.53 bits per heavy atom. The molecule has 0 aromatic carbocycles. The Bertz CT molecular complexity index is 164. The molecule has 0 heterocycles. The molecule has 0 aliphatic carbocycles. The summed E-state index contributed by atoms with van der Waals surface area (Å²) in [5.41, 5.74) is 0. The van der Waals surface area contributed by atoms with E-state index in [9.17, 15) is 4.79 Å². The summed E-state index contributed by atoms with van der Waals surface area (Å²) < 4.78 is 0. The van der Waals surface area contributed by atoms with Crippen LogP contribution in [0.1, 0.15) is 34.6 Å². The maximum absolute atomic E-state index is 11.7. The van der Waals surface area contributed by atoms with Gasteiger partial charge in [0.05, 0.1) is 0 Å². The van der Waals surface area contributed by atoms with Crippen molar-refractivity contribution < 1.29 is 23.4 Å². The fraction of sp³-hybridized carbons (Fsp3) is 0.909. The number of rotatable bonds is 5. The van der Waals surface area contributed by atoms with Gasteiger partial charge in [-0.2, -0.15) is 0 Å². The van der Waals surface area contributed by atoms with E-state index >= 15 is 0 Å². The van der Waals surface area contributed by atoms with E-state index in [0.717, 1.165) is 18.8 Å². The van der Waals surface area contributed by atoms with E-state index in [4.69, 9.17) is 0 Å². The molecular weight excluding hydrogens is 245 g/mol. The summed E-state index contributed by atoms with van der Waals surface area (Å²) in [6.07, 6.45) is 0. The second kappa shape index (κ2) is 9.62. The SMILES string of the molecule is CCSC(=O)N(CC(C)C)CC(C)C.[V]. The van der Waals surface area contributed by atoms with Gasteiger partial charge in [-0.15, -0.1) is 0 Å². The van der Waals surface area contributed by atoms with Crippen LogP contribution in [0.15, 0.2) is 0 Å². The van der Waals surface area contributed by atoms with Crippen LogP contribution < -0.4 is 0 Å². The Labute approximate surface area is 110 Å². The molecule has 0 fully saturated rings. The molecule has 4 heteroatoms. The van der Waals surface area contributed by atoms with E-state index < -0.39 is 0 Å². The largest absolute Gasteiger partial charge is 0.333 e. The third-order valence-corrected chi connectivity index (χ3v) is 2.49. The van der Waals surface area contributed by atoms with Gasteiger partial charge in [-0.05, 0) is 17.6 Å². The van der Waals surface area contributed by atoms with Crippen LogP contribution in [-0.4, -0.2) is 29.0 Å². The Morgan fingerprint density at radius 3 is 1.80 bits per heavy atom. The first-order valence-corrected chi connectivity index (χ1v) is 6.37. The molecule has 0 aromatic heterocycles. The minimum Gasteiger partial charge on any atom is -0.333 e. The number of carbonyl (C=O) groups excluding carboxylic acids is 1. The topological polar surface area (TPSA) is 20.3 Å². The first kappa shape index (κ1) is 17.8. The van der Waals surface area contributed by atoms with Crippen molar-refractivity contribution >= 4 is 17.0 Å². The second-order valence-corrected chi connectivity index (χ2v) is 5.61. The molecule has 89 valence electrons. The molecular formula is C11H23NOSV. The van der Waals surface area contributed by atoms with Crippen LogP contribution in [0.2, 0.25) is 0 Å². The first-order valence-electron chi connectivity index (χ1n) is 5.39. The van der Waals surface area contributed by atoms with Crippen LogP contribution >= 0.6 is 11.8 Å². The summed E-state index contributed by atoms with van der Waals surface area (Å²) in [6, 6.07) is 0. The fourth-order valence-corrected chi connectivity index (χ4v) is 1.90. The average Bonchev–Trinajstić information content (AvgIpc) is 2.01. The van der Waals surface area contributed by atoms with E-state index in [-0.39, 0.29) is 23.8 Å². The number of thioether (sulfide) groups is 1. The first-order chi connectivity index (χ1) is 6.47. The molecule has 0 unspecified atom stereocenters. The van der Waals surface area contributed by atoms with Crippen LogP contribution in [0.4, 0.5) is 4.79 Å². The maximum Gasteiger partial charge on any atom is 0.281 e. The Balaban J connectivity index is 0. The van der Waals surface area contributed by atoms with E-state index in [1.165, 1.54) is 11.8 Å². The molecule has 0 aromatic rings. The number of nitrogens with zero attached hydrogens (tertiary/aromatic N) is 1. The van der Waals surface area contributed by atoms with Crippen LogP contribution in [0.3, 0.4) is 0 Å². The van der Waals surface area contributed by atoms with Crippen molar-refractivity contribution in [3.05, 3.63) is 0 Å². The Hall–Kier alpha value is 0.404. The molecule has 0 atom stereocenters. The summed E-state index contributed by atoms with van der Waals surface area (Å²) in [7, 11) is 0. The number of hydrogen-bond acceptors (Lipinski definition) is 2. The van der Waals surface area contributed by atoms with Crippen molar-refractivity contribution in [3.8, 4) is 0 Å². The quantitative estimate of drug-likeness (QED) is 0.761. The molecule has 0 saturated heterocycles. The average molecular weight is 268 g/mol. The summed E-state index contributed by atoms with van der Waals surface area (Å²) in [5, 5.41) is 0.231. The summed E-state index contributed by atoms with van der Waals surface area (Å²) in [6.45, 7) is 12.4. The molecule has 0 aliphatic rings. The summed E-state index contributed by atoms with van der Waals surface area (Å²) in [4.78, 5) is 13.7. The van der Waals surface area contributed by atoms with Gasteiger partial charge in [0.1, 0.15) is 0 Å². The van der Waals surface area contributed by atoms with Gasteiger partial charge in [-0.3, -0.25) is 4.79 Å². The molecule has 0 N–H and O–H groups in total. The standard InChI is InChI=1S/C11H23NOS.V/c1-6-14-11(13)12(7-9(2)3)8-10(4)5;/h9-10H,6-8H2,1-5H3;. The van der Waals surface area contributed by atoms with Crippen molar-refractivity contribution in [2.45, 2.75) is 34.6 Å². The molecule has 2 nitrogen and oxygen atoms in total. The predicted octanol–water partition coefficient (Wildman–Crippen LogP) is 3.47. The molecule has 0 spiro atoms. The molecule has 1 radical (unpaired) electrons. The van der Waals surface area contributed by atoms with Gasteiger partial charge in [-0.25, -0.2) is 0 Å². The summed E-state index contributed by atoms with van der Waals surface area (Å²) in [5.74, 6) is 1.97. The fourth-order valence-electron chi connectivity index (χ4n) is 1.32. The van der Waals surface area contributed by atoms with Crippen LogP contribution in [-0.2, 0) is 18.6 Å². The number of carbonyl (C=O) groups is 1. The van der Waals surface area contributed by atoms with E-state index in [0.29, 0.717) is 11.8 Å². The minimum absolute atomic E-state index is 0. The zero-order valence-corrected chi connectivity index (χ0v) is 12.7. The van der Waals surface area contributed by atoms with Gasteiger partial charge in [0.2, 0.25) is 0 Å². The molecule has 0 bridgehead atoms. The Morgan fingerprint density at radius 1 is 1.13 bits per heavy atom. The molecule has 0 saturated carbocycles. The van der Waals surface area contributed by atoms with E-state index in [1.807, 2.05) is 11.8 Å². The van der Waals surface area contributed by atoms with Gasteiger partial charge >= 0.3 is 0 Å². The molecule has 15 heavy (non-hydrogen) atoms. The monoisotopic (exact) mass is 268 g/mol. The zero-order chi connectivity index (χ0) is 11.1. The van der Waals surface area contributed by atoms with Crippen LogP contribution in [0, 0.1) is 11.8 Å².